The van der Waals surface area contributed by atoms with Crippen LogP contribution in [0.25, 0.3) is 0 Å². The van der Waals surface area contributed by atoms with Crippen molar-refractivity contribution < 1.29 is 14.2 Å². The molecule has 2 aliphatic rings. The molecule has 2 heterocycles. The smallest absolute Gasteiger partial charge is 0.213 e. The van der Waals surface area contributed by atoms with Gasteiger partial charge in [-0.1, -0.05) is 12.1 Å². The van der Waals surface area contributed by atoms with Crippen molar-refractivity contribution >= 4 is 17.5 Å². The molecule has 0 N–H and O–H groups in total. The molecular weight excluding hydrogens is 408 g/mol. The van der Waals surface area contributed by atoms with E-state index in [-0.39, 0.29) is 12.3 Å². The van der Waals surface area contributed by atoms with Crippen LogP contribution in [0.3, 0.4) is 0 Å². The molecule has 3 aromatic rings. The summed E-state index contributed by atoms with van der Waals surface area (Å²) < 4.78 is 17.2. The summed E-state index contributed by atoms with van der Waals surface area (Å²) in [5.41, 5.74) is 4.32. The molecule has 6 heteroatoms. The summed E-state index contributed by atoms with van der Waals surface area (Å²) in [6.45, 7) is 0. The largest absolute Gasteiger partial charge is 0.497 e. The maximum Gasteiger partial charge on any atom is 0.213 e. The molecule has 0 saturated carbocycles. The topological polar surface area (TPSA) is 43.3 Å². The van der Waals surface area contributed by atoms with Gasteiger partial charge in [0.1, 0.15) is 17.2 Å². The first kappa shape index (κ1) is 19.8. The number of nitrogens with zero attached hydrogens (tertiary/aromatic N) is 2. The van der Waals surface area contributed by atoms with Crippen molar-refractivity contribution in [3.8, 4) is 17.2 Å². The highest BCUT2D eigenvalue weighted by atomic mass is 32.2. The van der Waals surface area contributed by atoms with Gasteiger partial charge in [-0.25, -0.2) is 5.01 Å². The maximum atomic E-state index is 6.46. The van der Waals surface area contributed by atoms with Crippen LogP contribution in [0.1, 0.15) is 35.4 Å². The Labute approximate surface area is 186 Å². The quantitative estimate of drug-likeness (QED) is 0.486. The van der Waals surface area contributed by atoms with Crippen molar-refractivity contribution in [3.63, 3.8) is 0 Å². The Morgan fingerprint density at radius 2 is 1.65 bits per heavy atom. The third-order valence-corrected chi connectivity index (χ3v) is 6.56. The molecule has 0 amide bonds. The lowest BCUT2D eigenvalue weighted by atomic mass is 9.95. The standard InChI is InChI=1S/C25H24N2O3S/c1-28-18-8-4-16(5-9-18)22-15-23-21-14-19(29-2)10-13-24(21)30-25(27(23)26-22)17-6-11-20(31-3)12-7-17/h4-14,23,25H,15H2,1-3H3/t23-,25-/m0/s1. The van der Waals surface area contributed by atoms with Gasteiger partial charge in [-0.05, 0) is 66.4 Å². The number of fused-ring (bicyclic) bond motifs is 3. The van der Waals surface area contributed by atoms with E-state index in [1.54, 1.807) is 26.0 Å². The van der Waals surface area contributed by atoms with Crippen LogP contribution < -0.4 is 14.2 Å². The average Bonchev–Trinajstić information content (AvgIpc) is 3.29. The predicted molar refractivity (Wildman–Crippen MR) is 123 cm³/mol. The summed E-state index contributed by atoms with van der Waals surface area (Å²) in [5, 5.41) is 7.12. The fourth-order valence-corrected chi connectivity index (χ4v) is 4.55. The molecule has 0 aromatic heterocycles. The van der Waals surface area contributed by atoms with E-state index in [1.807, 2.05) is 24.3 Å². The van der Waals surface area contributed by atoms with Gasteiger partial charge in [-0.3, -0.25) is 0 Å². The second kappa shape index (κ2) is 8.19. The molecule has 31 heavy (non-hydrogen) atoms. The highest BCUT2D eigenvalue weighted by molar-refractivity contribution is 7.98. The number of hydrogen-bond acceptors (Lipinski definition) is 6. The fourth-order valence-electron chi connectivity index (χ4n) is 4.14. The first-order valence-electron chi connectivity index (χ1n) is 10.2. The minimum absolute atomic E-state index is 0.0844. The number of methoxy groups -OCH3 is 2. The number of ether oxygens (including phenoxy) is 3. The SMILES string of the molecule is COc1ccc(C2=NN3[C@@H](C2)c2cc(OC)ccc2O[C@H]3c2ccc(SC)cc2)cc1. The molecule has 2 aliphatic heterocycles. The minimum atomic E-state index is -0.280. The van der Waals surface area contributed by atoms with Gasteiger partial charge in [0.05, 0.1) is 26.0 Å². The number of hydrazone groups is 1. The van der Waals surface area contributed by atoms with E-state index in [9.17, 15) is 0 Å². The Hall–Kier alpha value is -3.12. The molecule has 0 saturated heterocycles. The Balaban J connectivity index is 1.56. The monoisotopic (exact) mass is 432 g/mol. The lowest BCUT2D eigenvalue weighted by Gasteiger charge is -2.38. The summed E-state index contributed by atoms with van der Waals surface area (Å²) in [7, 11) is 3.37. The van der Waals surface area contributed by atoms with Gasteiger partial charge in [-0.15, -0.1) is 11.8 Å². The first-order valence-corrected chi connectivity index (χ1v) is 11.4. The molecule has 0 aliphatic carbocycles. The highest BCUT2D eigenvalue weighted by Gasteiger charge is 2.41. The van der Waals surface area contributed by atoms with Gasteiger partial charge in [0.2, 0.25) is 6.23 Å². The van der Waals surface area contributed by atoms with Crippen LogP contribution in [0.15, 0.2) is 76.7 Å². The number of thioether (sulfide) groups is 1. The van der Waals surface area contributed by atoms with Crippen molar-refractivity contribution in [1.29, 1.82) is 0 Å². The maximum absolute atomic E-state index is 6.46. The normalized spacial score (nSPS) is 19.2. The molecule has 0 bridgehead atoms. The van der Waals surface area contributed by atoms with Crippen molar-refractivity contribution in [3.05, 3.63) is 83.4 Å². The number of hydrogen-bond donors (Lipinski definition) is 0. The summed E-state index contributed by atoms with van der Waals surface area (Å²) in [6.07, 6.45) is 2.60. The molecule has 0 unspecified atom stereocenters. The van der Waals surface area contributed by atoms with Crippen molar-refractivity contribution in [2.75, 3.05) is 20.5 Å². The summed E-state index contributed by atoms with van der Waals surface area (Å²) in [4.78, 5) is 1.23. The Bertz CT molecular complexity index is 1110. The number of benzene rings is 3. The van der Waals surface area contributed by atoms with Crippen LogP contribution in [0.4, 0.5) is 0 Å². The van der Waals surface area contributed by atoms with Crippen LogP contribution in [-0.4, -0.2) is 31.2 Å². The molecule has 2 atom stereocenters. The second-order valence-electron chi connectivity index (χ2n) is 7.52. The van der Waals surface area contributed by atoms with Crippen LogP contribution in [0.2, 0.25) is 0 Å². The highest BCUT2D eigenvalue weighted by Crippen LogP contribution is 2.48. The first-order chi connectivity index (χ1) is 15.2. The van der Waals surface area contributed by atoms with Gasteiger partial charge >= 0.3 is 0 Å². The zero-order chi connectivity index (χ0) is 21.4. The van der Waals surface area contributed by atoms with Gasteiger partial charge < -0.3 is 14.2 Å². The predicted octanol–water partition coefficient (Wildman–Crippen LogP) is 5.67. The summed E-state index contributed by atoms with van der Waals surface area (Å²) in [6, 6.07) is 22.7. The summed E-state index contributed by atoms with van der Waals surface area (Å²) >= 11 is 1.73. The van der Waals surface area contributed by atoms with Crippen LogP contribution in [-0.2, 0) is 0 Å². The van der Waals surface area contributed by atoms with E-state index >= 15 is 0 Å². The Morgan fingerprint density at radius 1 is 0.935 bits per heavy atom. The number of rotatable bonds is 5. The molecule has 0 radical (unpaired) electrons. The zero-order valence-electron chi connectivity index (χ0n) is 17.7. The minimum Gasteiger partial charge on any atom is -0.497 e. The molecule has 0 spiro atoms. The molecule has 5 nitrogen and oxygen atoms in total. The van der Waals surface area contributed by atoms with Crippen LogP contribution >= 0.6 is 11.8 Å². The Morgan fingerprint density at radius 3 is 2.32 bits per heavy atom. The van der Waals surface area contributed by atoms with E-state index in [2.05, 4.69) is 53.7 Å². The Kier molecular flexibility index (Phi) is 5.24. The molecule has 0 fully saturated rings. The molecule has 5 rings (SSSR count). The van der Waals surface area contributed by atoms with Crippen molar-refractivity contribution in [1.82, 2.24) is 5.01 Å². The third-order valence-electron chi connectivity index (χ3n) is 5.82. The third kappa shape index (κ3) is 3.61. The van der Waals surface area contributed by atoms with E-state index in [0.717, 1.165) is 46.1 Å². The van der Waals surface area contributed by atoms with Crippen molar-refractivity contribution in [2.45, 2.75) is 23.6 Å². The van der Waals surface area contributed by atoms with Gasteiger partial charge in [0, 0.05) is 22.4 Å². The second-order valence-corrected chi connectivity index (χ2v) is 8.40. The van der Waals surface area contributed by atoms with Gasteiger partial charge in [0.25, 0.3) is 0 Å². The molecule has 3 aromatic carbocycles. The van der Waals surface area contributed by atoms with Gasteiger partial charge in [-0.2, -0.15) is 5.10 Å². The van der Waals surface area contributed by atoms with Crippen molar-refractivity contribution in [2.24, 2.45) is 5.10 Å². The fraction of sp³-hybridized carbons (Fsp3) is 0.240. The van der Waals surface area contributed by atoms with Crippen LogP contribution in [0, 0.1) is 0 Å². The lowest BCUT2D eigenvalue weighted by Crippen LogP contribution is -2.33. The van der Waals surface area contributed by atoms with Gasteiger partial charge in [0.15, 0.2) is 0 Å². The van der Waals surface area contributed by atoms with E-state index in [4.69, 9.17) is 19.3 Å². The van der Waals surface area contributed by atoms with E-state index in [0.29, 0.717) is 0 Å². The zero-order valence-corrected chi connectivity index (χ0v) is 18.6. The summed E-state index contributed by atoms with van der Waals surface area (Å²) in [5.74, 6) is 2.54. The van der Waals surface area contributed by atoms with Crippen LogP contribution in [0.5, 0.6) is 17.2 Å². The van der Waals surface area contributed by atoms with E-state index < -0.39 is 0 Å². The lowest BCUT2D eigenvalue weighted by molar-refractivity contribution is -0.0191. The molecular formula is C25H24N2O3S. The molecule has 158 valence electrons. The average molecular weight is 433 g/mol. The van der Waals surface area contributed by atoms with E-state index in [1.165, 1.54) is 4.90 Å².